The highest BCUT2D eigenvalue weighted by atomic mass is 16.5. The van der Waals surface area contributed by atoms with Gasteiger partial charge in [0.25, 0.3) is 0 Å². The van der Waals surface area contributed by atoms with Crippen molar-refractivity contribution in [3.05, 3.63) is 59.7 Å². The number of carbonyl (C=O) groups excluding carboxylic acids is 1. The van der Waals surface area contributed by atoms with Crippen LogP contribution in [0.5, 0.6) is 11.5 Å². The Bertz CT molecular complexity index is 529. The minimum Gasteiger partial charge on any atom is -0.497 e. The molecule has 0 heterocycles. The Hall–Kier alpha value is -2.29. The van der Waals surface area contributed by atoms with Crippen molar-refractivity contribution < 1.29 is 14.3 Å². The van der Waals surface area contributed by atoms with Crippen molar-refractivity contribution in [3.8, 4) is 11.5 Å². The van der Waals surface area contributed by atoms with Gasteiger partial charge in [0, 0.05) is 5.56 Å². The lowest BCUT2D eigenvalue weighted by molar-refractivity contribution is 0.112. The Morgan fingerprint density at radius 1 is 0.947 bits per heavy atom. The van der Waals surface area contributed by atoms with E-state index in [0.29, 0.717) is 5.56 Å². The highest BCUT2D eigenvalue weighted by Crippen LogP contribution is 2.23. The third kappa shape index (κ3) is 3.35. The summed E-state index contributed by atoms with van der Waals surface area (Å²) >= 11 is 0. The maximum Gasteiger partial charge on any atom is 0.150 e. The largest absolute Gasteiger partial charge is 0.497 e. The van der Waals surface area contributed by atoms with E-state index in [-0.39, 0.29) is 6.10 Å². The standard InChI is InChI=1S/C16H16O3/c1-12(14-5-9-15(18-2)10-6-14)19-16-7-3-13(11-17)4-8-16/h3-12H,1-2H3. The molecular weight excluding hydrogens is 240 g/mol. The van der Waals surface area contributed by atoms with E-state index in [4.69, 9.17) is 9.47 Å². The summed E-state index contributed by atoms with van der Waals surface area (Å²) in [6.07, 6.45) is 0.754. The predicted octanol–water partition coefficient (Wildman–Crippen LogP) is 3.65. The van der Waals surface area contributed by atoms with Gasteiger partial charge in [-0.3, -0.25) is 4.79 Å². The molecule has 2 aromatic rings. The van der Waals surface area contributed by atoms with Gasteiger partial charge in [-0.25, -0.2) is 0 Å². The highest BCUT2D eigenvalue weighted by Gasteiger charge is 2.07. The molecule has 2 aromatic carbocycles. The molecule has 2 rings (SSSR count). The quantitative estimate of drug-likeness (QED) is 0.766. The summed E-state index contributed by atoms with van der Waals surface area (Å²) in [6, 6.07) is 14.8. The van der Waals surface area contributed by atoms with Gasteiger partial charge in [0.2, 0.25) is 0 Å². The SMILES string of the molecule is COc1ccc(C(C)Oc2ccc(C=O)cc2)cc1. The first-order chi connectivity index (χ1) is 9.22. The van der Waals surface area contributed by atoms with E-state index in [1.807, 2.05) is 31.2 Å². The van der Waals surface area contributed by atoms with Crippen molar-refractivity contribution in [2.24, 2.45) is 0 Å². The Morgan fingerprint density at radius 2 is 1.53 bits per heavy atom. The number of ether oxygens (including phenoxy) is 2. The third-order valence-electron chi connectivity index (χ3n) is 2.91. The Balaban J connectivity index is 2.06. The van der Waals surface area contributed by atoms with Crippen molar-refractivity contribution in [2.45, 2.75) is 13.0 Å². The topological polar surface area (TPSA) is 35.5 Å². The molecule has 0 aliphatic heterocycles. The number of rotatable bonds is 5. The zero-order valence-electron chi connectivity index (χ0n) is 11.0. The van der Waals surface area contributed by atoms with Gasteiger partial charge in [-0.15, -0.1) is 0 Å². The van der Waals surface area contributed by atoms with Crippen LogP contribution in [0.15, 0.2) is 48.5 Å². The van der Waals surface area contributed by atoms with Crippen molar-refractivity contribution >= 4 is 6.29 Å². The molecule has 3 nitrogen and oxygen atoms in total. The average Bonchev–Trinajstić information content (AvgIpc) is 2.48. The molecule has 0 saturated carbocycles. The lowest BCUT2D eigenvalue weighted by Gasteiger charge is -2.15. The van der Waals surface area contributed by atoms with E-state index in [9.17, 15) is 4.79 Å². The first-order valence-corrected chi connectivity index (χ1v) is 6.09. The third-order valence-corrected chi connectivity index (χ3v) is 2.91. The highest BCUT2D eigenvalue weighted by molar-refractivity contribution is 5.74. The molecule has 19 heavy (non-hydrogen) atoms. The minimum atomic E-state index is -0.0620. The maximum absolute atomic E-state index is 10.6. The average molecular weight is 256 g/mol. The summed E-state index contributed by atoms with van der Waals surface area (Å²) in [4.78, 5) is 10.6. The maximum atomic E-state index is 10.6. The van der Waals surface area contributed by atoms with E-state index < -0.39 is 0 Å². The van der Waals surface area contributed by atoms with E-state index in [1.165, 1.54) is 0 Å². The van der Waals surface area contributed by atoms with Gasteiger partial charge < -0.3 is 9.47 Å². The molecule has 1 atom stereocenters. The summed E-state index contributed by atoms with van der Waals surface area (Å²) in [5.41, 5.74) is 1.71. The summed E-state index contributed by atoms with van der Waals surface area (Å²) in [5.74, 6) is 1.57. The van der Waals surface area contributed by atoms with Crippen LogP contribution in [0.3, 0.4) is 0 Å². The van der Waals surface area contributed by atoms with Crippen LogP contribution in [0, 0.1) is 0 Å². The summed E-state index contributed by atoms with van der Waals surface area (Å²) in [6.45, 7) is 1.98. The molecule has 0 aromatic heterocycles. The molecule has 0 amide bonds. The number of hydrogen-bond acceptors (Lipinski definition) is 3. The van der Waals surface area contributed by atoms with E-state index in [0.717, 1.165) is 23.3 Å². The van der Waals surface area contributed by atoms with Crippen LogP contribution in [0.1, 0.15) is 28.9 Å². The van der Waals surface area contributed by atoms with Crippen molar-refractivity contribution in [1.29, 1.82) is 0 Å². The molecule has 0 fully saturated rings. The van der Waals surface area contributed by atoms with Crippen LogP contribution >= 0.6 is 0 Å². The summed E-state index contributed by atoms with van der Waals surface area (Å²) < 4.78 is 10.9. The summed E-state index contributed by atoms with van der Waals surface area (Å²) in [7, 11) is 1.64. The second kappa shape index (κ2) is 6.05. The molecule has 0 bridgehead atoms. The number of carbonyl (C=O) groups is 1. The fourth-order valence-electron chi connectivity index (χ4n) is 1.77. The molecule has 0 N–H and O–H groups in total. The van der Waals surface area contributed by atoms with Crippen LogP contribution < -0.4 is 9.47 Å². The zero-order chi connectivity index (χ0) is 13.7. The Morgan fingerprint density at radius 3 is 2.05 bits per heavy atom. The van der Waals surface area contributed by atoms with Gasteiger partial charge in [0.15, 0.2) is 0 Å². The monoisotopic (exact) mass is 256 g/mol. The molecule has 0 spiro atoms. The van der Waals surface area contributed by atoms with Crippen molar-refractivity contribution in [3.63, 3.8) is 0 Å². The second-order valence-corrected chi connectivity index (χ2v) is 4.22. The summed E-state index contributed by atoms with van der Waals surface area (Å²) in [5, 5.41) is 0. The van der Waals surface area contributed by atoms with Crippen molar-refractivity contribution in [2.75, 3.05) is 7.11 Å². The Kier molecular flexibility index (Phi) is 4.18. The van der Waals surface area contributed by atoms with Gasteiger partial charge in [0.05, 0.1) is 7.11 Å². The number of methoxy groups -OCH3 is 1. The van der Waals surface area contributed by atoms with Crippen LogP contribution in [-0.2, 0) is 0 Å². The first kappa shape index (κ1) is 13.1. The molecule has 1 unspecified atom stereocenters. The molecule has 3 heteroatoms. The van der Waals surface area contributed by atoms with Gasteiger partial charge in [-0.05, 0) is 48.9 Å². The zero-order valence-corrected chi connectivity index (χ0v) is 11.0. The van der Waals surface area contributed by atoms with Crippen LogP contribution in [0.2, 0.25) is 0 Å². The minimum absolute atomic E-state index is 0.0620. The van der Waals surface area contributed by atoms with Crippen LogP contribution in [-0.4, -0.2) is 13.4 Å². The lowest BCUT2D eigenvalue weighted by Crippen LogP contribution is -2.03. The van der Waals surface area contributed by atoms with Crippen molar-refractivity contribution in [1.82, 2.24) is 0 Å². The molecule has 0 radical (unpaired) electrons. The molecule has 98 valence electrons. The molecule has 0 aliphatic rings. The van der Waals surface area contributed by atoms with Gasteiger partial charge in [0.1, 0.15) is 23.9 Å². The fraction of sp³-hybridized carbons (Fsp3) is 0.188. The smallest absolute Gasteiger partial charge is 0.150 e. The Labute approximate surface area is 112 Å². The normalized spacial score (nSPS) is 11.7. The second-order valence-electron chi connectivity index (χ2n) is 4.22. The number of benzene rings is 2. The van der Waals surface area contributed by atoms with Crippen LogP contribution in [0.25, 0.3) is 0 Å². The van der Waals surface area contributed by atoms with Gasteiger partial charge in [-0.1, -0.05) is 12.1 Å². The van der Waals surface area contributed by atoms with Gasteiger partial charge >= 0.3 is 0 Å². The van der Waals surface area contributed by atoms with E-state index in [2.05, 4.69) is 0 Å². The fourth-order valence-corrected chi connectivity index (χ4v) is 1.77. The molecular formula is C16H16O3. The van der Waals surface area contributed by atoms with E-state index in [1.54, 1.807) is 31.4 Å². The van der Waals surface area contributed by atoms with Gasteiger partial charge in [-0.2, -0.15) is 0 Å². The first-order valence-electron chi connectivity index (χ1n) is 6.09. The van der Waals surface area contributed by atoms with Crippen LogP contribution in [0.4, 0.5) is 0 Å². The van der Waals surface area contributed by atoms with E-state index >= 15 is 0 Å². The number of hydrogen-bond donors (Lipinski definition) is 0. The predicted molar refractivity (Wildman–Crippen MR) is 73.9 cm³/mol. The molecule has 0 aliphatic carbocycles. The lowest BCUT2D eigenvalue weighted by atomic mass is 10.1. The molecule has 0 saturated heterocycles. The number of aldehydes is 1.